The van der Waals surface area contributed by atoms with Gasteiger partial charge in [0.05, 0.1) is 5.69 Å². The number of nitrogens with zero attached hydrogens (tertiary/aromatic N) is 2. The summed E-state index contributed by atoms with van der Waals surface area (Å²) in [5.41, 5.74) is 6.56. The Hall–Kier alpha value is -0.820. The number of hydrogen-bond donors (Lipinski definition) is 2. The highest BCUT2D eigenvalue weighted by Crippen LogP contribution is 2.23. The van der Waals surface area contributed by atoms with Gasteiger partial charge in [-0.25, -0.2) is 0 Å². The standard InChI is InChI=1S/C11H18N4OS2/c1-2-15-6-9(12)10(14-15)11(16)13-5-8-7-17-3-4-18-8/h6,8H,2-5,7,12H2,1H3,(H,13,16). The monoisotopic (exact) mass is 286 g/mol. The van der Waals surface area contributed by atoms with Crippen LogP contribution in [0.1, 0.15) is 17.4 Å². The smallest absolute Gasteiger partial charge is 0.273 e. The van der Waals surface area contributed by atoms with Crippen LogP contribution in [0, 0.1) is 0 Å². The first kappa shape index (κ1) is 13.6. The number of carbonyl (C=O) groups excluding carboxylic acids is 1. The number of aryl methyl sites for hydroxylation is 1. The zero-order valence-corrected chi connectivity index (χ0v) is 12.0. The number of amides is 1. The average molecular weight is 286 g/mol. The maximum Gasteiger partial charge on any atom is 0.273 e. The molecule has 7 heteroatoms. The van der Waals surface area contributed by atoms with Crippen molar-refractivity contribution in [2.45, 2.75) is 18.7 Å². The van der Waals surface area contributed by atoms with E-state index in [4.69, 9.17) is 5.73 Å². The summed E-state index contributed by atoms with van der Waals surface area (Å²) < 4.78 is 1.68. The number of aromatic nitrogens is 2. The molecule has 0 spiro atoms. The summed E-state index contributed by atoms with van der Waals surface area (Å²) in [5.74, 6) is 3.31. The van der Waals surface area contributed by atoms with Crippen LogP contribution in [-0.2, 0) is 6.54 Å². The Morgan fingerprint density at radius 1 is 1.67 bits per heavy atom. The largest absolute Gasteiger partial charge is 0.396 e. The number of thioether (sulfide) groups is 2. The molecule has 18 heavy (non-hydrogen) atoms. The van der Waals surface area contributed by atoms with Crippen molar-refractivity contribution >= 4 is 35.1 Å². The number of anilines is 1. The van der Waals surface area contributed by atoms with Gasteiger partial charge in [-0.2, -0.15) is 28.6 Å². The van der Waals surface area contributed by atoms with Crippen LogP contribution < -0.4 is 11.1 Å². The second kappa shape index (κ2) is 6.38. The van der Waals surface area contributed by atoms with Gasteiger partial charge in [-0.15, -0.1) is 0 Å². The fraction of sp³-hybridized carbons (Fsp3) is 0.636. The molecule has 3 N–H and O–H groups in total. The summed E-state index contributed by atoms with van der Waals surface area (Å²) >= 11 is 3.87. The molecule has 1 unspecified atom stereocenters. The predicted octanol–water partition coefficient (Wildman–Crippen LogP) is 1.06. The van der Waals surface area contributed by atoms with E-state index in [1.54, 1.807) is 10.9 Å². The van der Waals surface area contributed by atoms with Crippen LogP contribution in [0.5, 0.6) is 0 Å². The summed E-state index contributed by atoms with van der Waals surface area (Å²) in [6.45, 7) is 3.37. The zero-order chi connectivity index (χ0) is 13.0. The van der Waals surface area contributed by atoms with E-state index in [0.29, 0.717) is 29.7 Å². The second-order valence-electron chi connectivity index (χ2n) is 4.07. The Morgan fingerprint density at radius 3 is 3.11 bits per heavy atom. The van der Waals surface area contributed by atoms with Crippen molar-refractivity contribution in [2.24, 2.45) is 0 Å². The number of nitrogens with two attached hydrogens (primary N) is 1. The van der Waals surface area contributed by atoms with Gasteiger partial charge in [0, 0.05) is 41.8 Å². The molecule has 1 atom stereocenters. The summed E-state index contributed by atoms with van der Waals surface area (Å²) in [5, 5.41) is 7.58. The van der Waals surface area contributed by atoms with Gasteiger partial charge in [0.15, 0.2) is 5.69 Å². The highest BCUT2D eigenvalue weighted by atomic mass is 32.2. The van der Waals surface area contributed by atoms with Crippen LogP contribution in [0.25, 0.3) is 0 Å². The van der Waals surface area contributed by atoms with Crippen molar-refractivity contribution in [1.82, 2.24) is 15.1 Å². The molecule has 0 radical (unpaired) electrons. The van der Waals surface area contributed by atoms with Gasteiger partial charge < -0.3 is 11.1 Å². The lowest BCUT2D eigenvalue weighted by atomic mass is 10.3. The Balaban J connectivity index is 1.88. The molecule has 1 saturated heterocycles. The van der Waals surface area contributed by atoms with Crippen molar-refractivity contribution in [3.63, 3.8) is 0 Å². The molecule has 1 aliphatic heterocycles. The van der Waals surface area contributed by atoms with Crippen LogP contribution in [-0.4, -0.2) is 44.7 Å². The second-order valence-corrected chi connectivity index (χ2v) is 6.62. The first-order valence-corrected chi connectivity index (χ1v) is 8.21. The molecule has 1 fully saturated rings. The molecule has 0 saturated carbocycles. The molecule has 0 aromatic carbocycles. The lowest BCUT2D eigenvalue weighted by Gasteiger charge is -2.20. The molecule has 1 aromatic heterocycles. The molecule has 2 rings (SSSR count). The molecule has 1 aliphatic rings. The van der Waals surface area contributed by atoms with Crippen molar-refractivity contribution in [1.29, 1.82) is 0 Å². The van der Waals surface area contributed by atoms with Crippen molar-refractivity contribution in [3.05, 3.63) is 11.9 Å². The lowest BCUT2D eigenvalue weighted by Crippen LogP contribution is -2.34. The third kappa shape index (κ3) is 3.35. The average Bonchev–Trinajstić information content (AvgIpc) is 2.78. The van der Waals surface area contributed by atoms with Gasteiger partial charge in [0.2, 0.25) is 0 Å². The van der Waals surface area contributed by atoms with Crippen molar-refractivity contribution in [3.8, 4) is 0 Å². The van der Waals surface area contributed by atoms with E-state index < -0.39 is 0 Å². The first-order chi connectivity index (χ1) is 8.70. The minimum absolute atomic E-state index is 0.170. The van der Waals surface area contributed by atoms with Crippen LogP contribution in [0.3, 0.4) is 0 Å². The first-order valence-electron chi connectivity index (χ1n) is 6.01. The minimum atomic E-state index is -0.170. The van der Waals surface area contributed by atoms with E-state index in [1.807, 2.05) is 30.4 Å². The fourth-order valence-corrected chi connectivity index (χ4v) is 4.33. The topological polar surface area (TPSA) is 72.9 Å². The Labute approximate surface area is 115 Å². The molecule has 0 bridgehead atoms. The Morgan fingerprint density at radius 2 is 2.50 bits per heavy atom. The van der Waals surface area contributed by atoms with Crippen LogP contribution >= 0.6 is 23.5 Å². The normalized spacial score (nSPS) is 19.7. The molecule has 1 aromatic rings. The van der Waals surface area contributed by atoms with Gasteiger partial charge in [-0.1, -0.05) is 0 Å². The van der Waals surface area contributed by atoms with Crippen LogP contribution in [0.15, 0.2) is 6.20 Å². The van der Waals surface area contributed by atoms with E-state index in [9.17, 15) is 4.79 Å². The van der Waals surface area contributed by atoms with Gasteiger partial charge in [0.1, 0.15) is 0 Å². The number of carbonyl (C=O) groups is 1. The Bertz CT molecular complexity index is 415. The zero-order valence-electron chi connectivity index (χ0n) is 10.4. The fourth-order valence-electron chi connectivity index (χ4n) is 1.72. The lowest BCUT2D eigenvalue weighted by molar-refractivity contribution is 0.0949. The van der Waals surface area contributed by atoms with E-state index in [0.717, 1.165) is 11.5 Å². The summed E-state index contributed by atoms with van der Waals surface area (Å²) in [6.07, 6.45) is 1.69. The van der Waals surface area contributed by atoms with Gasteiger partial charge in [0.25, 0.3) is 5.91 Å². The van der Waals surface area contributed by atoms with E-state index >= 15 is 0 Å². The summed E-state index contributed by atoms with van der Waals surface area (Å²) in [6, 6.07) is 0. The van der Waals surface area contributed by atoms with Crippen LogP contribution in [0.2, 0.25) is 0 Å². The van der Waals surface area contributed by atoms with E-state index in [2.05, 4.69) is 10.4 Å². The number of nitrogen functional groups attached to an aromatic ring is 1. The molecule has 100 valence electrons. The highest BCUT2D eigenvalue weighted by Gasteiger charge is 2.18. The SMILES string of the molecule is CCn1cc(N)c(C(=O)NCC2CSCCS2)n1. The third-order valence-electron chi connectivity index (χ3n) is 2.70. The molecular weight excluding hydrogens is 268 g/mol. The summed E-state index contributed by atoms with van der Waals surface area (Å²) in [4.78, 5) is 12.0. The Kier molecular flexibility index (Phi) is 4.82. The molecule has 1 amide bonds. The molecule has 0 aliphatic carbocycles. The minimum Gasteiger partial charge on any atom is -0.396 e. The highest BCUT2D eigenvalue weighted by molar-refractivity contribution is 8.06. The molecular formula is C11H18N4OS2. The number of rotatable bonds is 4. The van der Waals surface area contributed by atoms with Crippen LogP contribution in [0.4, 0.5) is 5.69 Å². The van der Waals surface area contributed by atoms with Gasteiger partial charge >= 0.3 is 0 Å². The van der Waals surface area contributed by atoms with Gasteiger partial charge in [-0.05, 0) is 6.92 Å². The number of hydrogen-bond acceptors (Lipinski definition) is 5. The third-order valence-corrected chi connectivity index (χ3v) is 5.55. The maximum atomic E-state index is 12.0. The van der Waals surface area contributed by atoms with Crippen molar-refractivity contribution in [2.75, 3.05) is 29.5 Å². The van der Waals surface area contributed by atoms with Gasteiger partial charge in [-0.3, -0.25) is 9.48 Å². The summed E-state index contributed by atoms with van der Waals surface area (Å²) in [7, 11) is 0. The predicted molar refractivity (Wildman–Crippen MR) is 78.2 cm³/mol. The van der Waals surface area contributed by atoms with E-state index in [-0.39, 0.29) is 5.91 Å². The van der Waals surface area contributed by atoms with Crippen molar-refractivity contribution < 1.29 is 4.79 Å². The maximum absolute atomic E-state index is 12.0. The molecule has 2 heterocycles. The number of nitrogens with one attached hydrogen (secondary N) is 1. The molecule has 5 nitrogen and oxygen atoms in total. The van der Waals surface area contributed by atoms with E-state index in [1.165, 1.54) is 5.75 Å². The quantitative estimate of drug-likeness (QED) is 0.866.